The normalized spacial score (nSPS) is 24.1. The Bertz CT molecular complexity index is 258. The third-order valence-corrected chi connectivity index (χ3v) is 3.71. The van der Waals surface area contributed by atoms with Crippen molar-refractivity contribution in [1.82, 2.24) is 10.6 Å². The summed E-state index contributed by atoms with van der Waals surface area (Å²) in [6.07, 6.45) is 6.14. The zero-order chi connectivity index (χ0) is 12.1. The number of amides is 1. The fourth-order valence-corrected chi connectivity index (χ4v) is 2.56. The fraction of sp³-hybridized carbons (Fsp3) is 0.923. The topological polar surface area (TPSA) is 50.4 Å². The summed E-state index contributed by atoms with van der Waals surface area (Å²) in [6.45, 7) is 5.11. The van der Waals surface area contributed by atoms with Gasteiger partial charge in [0, 0.05) is 18.0 Å². The maximum absolute atomic E-state index is 11.7. The molecule has 98 valence electrons. The molecule has 4 heteroatoms. The number of nitrogens with one attached hydrogen (secondary N) is 2. The zero-order valence-electron chi connectivity index (χ0n) is 10.8. The third-order valence-electron chi connectivity index (χ3n) is 3.71. The summed E-state index contributed by atoms with van der Waals surface area (Å²) in [7, 11) is 0. The molecule has 1 amide bonds. The zero-order valence-corrected chi connectivity index (χ0v) is 10.8. The summed E-state index contributed by atoms with van der Waals surface area (Å²) < 4.78 is 5.18. The molecule has 1 saturated carbocycles. The fourth-order valence-electron chi connectivity index (χ4n) is 2.56. The van der Waals surface area contributed by atoms with E-state index < -0.39 is 0 Å². The van der Waals surface area contributed by atoms with Gasteiger partial charge in [0.05, 0.1) is 19.8 Å². The molecule has 0 aromatic rings. The van der Waals surface area contributed by atoms with E-state index in [1.165, 1.54) is 19.3 Å². The van der Waals surface area contributed by atoms with Crippen LogP contribution in [-0.2, 0) is 9.53 Å². The summed E-state index contributed by atoms with van der Waals surface area (Å²) in [5.74, 6) is 0.140. The maximum atomic E-state index is 11.7. The van der Waals surface area contributed by atoms with Crippen LogP contribution in [0.15, 0.2) is 0 Å². The van der Waals surface area contributed by atoms with E-state index in [2.05, 4.69) is 17.6 Å². The van der Waals surface area contributed by atoms with Gasteiger partial charge in [-0.3, -0.25) is 4.79 Å². The molecule has 17 heavy (non-hydrogen) atoms. The van der Waals surface area contributed by atoms with E-state index in [0.717, 1.165) is 32.6 Å². The van der Waals surface area contributed by atoms with Crippen molar-refractivity contribution in [2.45, 2.75) is 45.1 Å². The molecule has 1 saturated heterocycles. The molecule has 2 N–H and O–H groups in total. The second kappa shape index (κ2) is 5.83. The summed E-state index contributed by atoms with van der Waals surface area (Å²) in [6, 6.07) is 0.417. The van der Waals surface area contributed by atoms with Crippen molar-refractivity contribution in [2.75, 3.05) is 26.3 Å². The first-order chi connectivity index (χ1) is 8.18. The first kappa shape index (κ1) is 12.8. The minimum Gasteiger partial charge on any atom is -0.380 e. The number of hydrogen-bond donors (Lipinski definition) is 2. The van der Waals surface area contributed by atoms with Crippen molar-refractivity contribution in [2.24, 2.45) is 5.41 Å². The number of ether oxygens (including phenoxy) is 1. The van der Waals surface area contributed by atoms with Gasteiger partial charge in [0.25, 0.3) is 0 Å². The average Bonchev–Trinajstić information content (AvgIpc) is 2.28. The molecule has 2 aliphatic rings. The lowest BCUT2D eigenvalue weighted by Gasteiger charge is -2.38. The molecule has 1 aliphatic carbocycles. The first-order valence-electron chi connectivity index (χ1n) is 6.76. The van der Waals surface area contributed by atoms with Crippen LogP contribution >= 0.6 is 0 Å². The highest BCUT2D eigenvalue weighted by Gasteiger charge is 2.32. The van der Waals surface area contributed by atoms with E-state index in [4.69, 9.17) is 4.74 Å². The second-order valence-electron chi connectivity index (χ2n) is 5.81. The molecule has 0 atom stereocenters. The van der Waals surface area contributed by atoms with Crippen molar-refractivity contribution >= 4 is 5.91 Å². The van der Waals surface area contributed by atoms with Crippen LogP contribution in [-0.4, -0.2) is 38.3 Å². The summed E-state index contributed by atoms with van der Waals surface area (Å²) >= 11 is 0. The summed E-state index contributed by atoms with van der Waals surface area (Å²) in [4.78, 5) is 11.7. The lowest BCUT2D eigenvalue weighted by Crippen LogP contribution is -2.49. The number of carbonyl (C=O) groups excluding carboxylic acids is 1. The highest BCUT2D eigenvalue weighted by Crippen LogP contribution is 2.24. The lowest BCUT2D eigenvalue weighted by molar-refractivity contribution is -0.122. The van der Waals surface area contributed by atoms with E-state index in [-0.39, 0.29) is 11.3 Å². The van der Waals surface area contributed by atoms with Gasteiger partial charge in [0.1, 0.15) is 0 Å². The maximum Gasteiger partial charge on any atom is 0.234 e. The second-order valence-corrected chi connectivity index (χ2v) is 5.81. The van der Waals surface area contributed by atoms with Gasteiger partial charge in [-0.1, -0.05) is 26.2 Å². The van der Waals surface area contributed by atoms with Crippen LogP contribution in [0, 0.1) is 5.41 Å². The van der Waals surface area contributed by atoms with Crippen LogP contribution in [0.5, 0.6) is 0 Å². The highest BCUT2D eigenvalue weighted by atomic mass is 16.5. The van der Waals surface area contributed by atoms with Crippen molar-refractivity contribution < 1.29 is 9.53 Å². The highest BCUT2D eigenvalue weighted by molar-refractivity contribution is 5.78. The summed E-state index contributed by atoms with van der Waals surface area (Å²) in [5, 5.41) is 6.33. The molecule has 0 unspecified atom stereocenters. The molecule has 0 spiro atoms. The summed E-state index contributed by atoms with van der Waals surface area (Å²) in [5.41, 5.74) is 0.241. The standard InChI is InChI=1S/C13H24N2O2/c1-13(9-17-10-13)8-14-7-12(16)15-11-5-3-2-4-6-11/h11,14H,2-10H2,1H3,(H,15,16). The Hall–Kier alpha value is -0.610. The van der Waals surface area contributed by atoms with Crippen molar-refractivity contribution in [3.05, 3.63) is 0 Å². The van der Waals surface area contributed by atoms with E-state index >= 15 is 0 Å². The van der Waals surface area contributed by atoms with Gasteiger partial charge >= 0.3 is 0 Å². The quantitative estimate of drug-likeness (QED) is 0.755. The van der Waals surface area contributed by atoms with Crippen LogP contribution in [0.1, 0.15) is 39.0 Å². The van der Waals surface area contributed by atoms with E-state index in [9.17, 15) is 4.79 Å². The number of carbonyl (C=O) groups is 1. The molecule has 0 aromatic carbocycles. The minimum absolute atomic E-state index is 0.140. The van der Waals surface area contributed by atoms with Crippen LogP contribution in [0.2, 0.25) is 0 Å². The SMILES string of the molecule is CC1(CNCC(=O)NC2CCCCC2)COC1. The van der Waals surface area contributed by atoms with Gasteiger partial charge < -0.3 is 15.4 Å². The molecule has 0 aromatic heterocycles. The Morgan fingerprint density at radius 1 is 1.29 bits per heavy atom. The van der Waals surface area contributed by atoms with E-state index in [0.29, 0.717) is 12.6 Å². The Kier molecular flexibility index (Phi) is 4.40. The molecule has 1 heterocycles. The van der Waals surface area contributed by atoms with Gasteiger partial charge in [0.15, 0.2) is 0 Å². The Balaban J connectivity index is 1.57. The van der Waals surface area contributed by atoms with Crippen molar-refractivity contribution in [3.8, 4) is 0 Å². The molecule has 0 radical (unpaired) electrons. The molecule has 2 rings (SSSR count). The van der Waals surface area contributed by atoms with E-state index in [1.54, 1.807) is 0 Å². The van der Waals surface area contributed by atoms with Gasteiger partial charge in [-0.15, -0.1) is 0 Å². The predicted octanol–water partition coefficient (Wildman–Crippen LogP) is 1.06. The molecule has 2 fully saturated rings. The first-order valence-corrected chi connectivity index (χ1v) is 6.76. The largest absolute Gasteiger partial charge is 0.380 e. The third kappa shape index (κ3) is 3.96. The van der Waals surface area contributed by atoms with Crippen LogP contribution < -0.4 is 10.6 Å². The molecule has 4 nitrogen and oxygen atoms in total. The molecular formula is C13H24N2O2. The smallest absolute Gasteiger partial charge is 0.234 e. The number of hydrogen-bond acceptors (Lipinski definition) is 3. The molecule has 0 bridgehead atoms. The Morgan fingerprint density at radius 2 is 2.00 bits per heavy atom. The Labute approximate surface area is 103 Å². The number of rotatable bonds is 5. The van der Waals surface area contributed by atoms with Crippen molar-refractivity contribution in [1.29, 1.82) is 0 Å². The van der Waals surface area contributed by atoms with Crippen LogP contribution in [0.25, 0.3) is 0 Å². The van der Waals surface area contributed by atoms with Gasteiger partial charge in [-0.05, 0) is 12.8 Å². The van der Waals surface area contributed by atoms with Gasteiger partial charge in [-0.2, -0.15) is 0 Å². The van der Waals surface area contributed by atoms with Crippen molar-refractivity contribution in [3.63, 3.8) is 0 Å². The predicted molar refractivity (Wildman–Crippen MR) is 66.8 cm³/mol. The van der Waals surface area contributed by atoms with Gasteiger partial charge in [-0.25, -0.2) is 0 Å². The average molecular weight is 240 g/mol. The molecule has 1 aliphatic heterocycles. The monoisotopic (exact) mass is 240 g/mol. The van der Waals surface area contributed by atoms with Crippen LogP contribution in [0.4, 0.5) is 0 Å². The minimum atomic E-state index is 0.140. The lowest BCUT2D eigenvalue weighted by atomic mass is 9.89. The Morgan fingerprint density at radius 3 is 2.59 bits per heavy atom. The van der Waals surface area contributed by atoms with E-state index in [1.807, 2.05) is 0 Å². The molecular weight excluding hydrogens is 216 g/mol. The van der Waals surface area contributed by atoms with Crippen LogP contribution in [0.3, 0.4) is 0 Å². The van der Waals surface area contributed by atoms with Gasteiger partial charge in [0.2, 0.25) is 5.91 Å².